The summed E-state index contributed by atoms with van der Waals surface area (Å²) in [6.45, 7) is 9.20. The van der Waals surface area contributed by atoms with Gasteiger partial charge in [0.05, 0.1) is 6.61 Å². The summed E-state index contributed by atoms with van der Waals surface area (Å²) in [7, 11) is 0. The van der Waals surface area contributed by atoms with Crippen molar-refractivity contribution in [2.24, 2.45) is 5.92 Å². The first kappa shape index (κ1) is 16.1. The fourth-order valence-electron chi connectivity index (χ4n) is 2.26. The largest absolute Gasteiger partial charge is 0.493 e. The van der Waals surface area contributed by atoms with Gasteiger partial charge in [0, 0.05) is 18.5 Å². The highest BCUT2D eigenvalue weighted by Crippen LogP contribution is 2.23. The second kappa shape index (κ2) is 8.20. The second-order valence-corrected chi connectivity index (χ2v) is 6.60. The van der Waals surface area contributed by atoms with Gasteiger partial charge in [0.25, 0.3) is 0 Å². The number of ether oxygens (including phenoxy) is 1. The Labute approximate surface area is 132 Å². The summed E-state index contributed by atoms with van der Waals surface area (Å²) in [6, 6.07) is 8.54. The normalized spacial score (nSPS) is 11.0. The Balaban J connectivity index is 1.93. The Morgan fingerprint density at radius 3 is 2.81 bits per heavy atom. The first-order chi connectivity index (χ1) is 10.2. The third-order valence-corrected chi connectivity index (χ3v) is 4.11. The molecule has 21 heavy (non-hydrogen) atoms. The number of hydrogen-bond acceptors (Lipinski definition) is 3. The molecule has 1 heterocycles. The van der Waals surface area contributed by atoms with Crippen molar-refractivity contribution in [3.05, 3.63) is 51.7 Å². The van der Waals surface area contributed by atoms with Gasteiger partial charge in [-0.2, -0.15) is 11.3 Å². The number of thiophene rings is 1. The van der Waals surface area contributed by atoms with Gasteiger partial charge < -0.3 is 10.1 Å². The number of aryl methyl sites for hydroxylation is 1. The monoisotopic (exact) mass is 303 g/mol. The van der Waals surface area contributed by atoms with Crippen LogP contribution in [0.2, 0.25) is 0 Å². The van der Waals surface area contributed by atoms with Crippen molar-refractivity contribution in [1.82, 2.24) is 5.32 Å². The summed E-state index contributed by atoms with van der Waals surface area (Å²) in [5.74, 6) is 1.71. The first-order valence-electron chi connectivity index (χ1n) is 7.60. The molecule has 0 aliphatic heterocycles. The summed E-state index contributed by atoms with van der Waals surface area (Å²) in [5.41, 5.74) is 3.82. The summed E-state index contributed by atoms with van der Waals surface area (Å²) in [4.78, 5) is 0. The standard InChI is InChI=1S/C18H25NOS/c1-14(2)11-19-12-17-6-4-5-15(3)18(17)20-9-7-16-8-10-21-13-16/h4-6,8,10,13-14,19H,7,9,11-12H2,1-3H3. The van der Waals surface area contributed by atoms with Crippen LogP contribution in [-0.2, 0) is 13.0 Å². The van der Waals surface area contributed by atoms with Crippen LogP contribution in [-0.4, -0.2) is 13.2 Å². The SMILES string of the molecule is Cc1cccc(CNCC(C)C)c1OCCc1ccsc1. The predicted molar refractivity (Wildman–Crippen MR) is 91.2 cm³/mol. The van der Waals surface area contributed by atoms with Gasteiger partial charge in [-0.1, -0.05) is 32.0 Å². The van der Waals surface area contributed by atoms with E-state index in [0.717, 1.165) is 31.9 Å². The highest BCUT2D eigenvalue weighted by molar-refractivity contribution is 7.07. The molecule has 0 aliphatic carbocycles. The Morgan fingerprint density at radius 1 is 1.24 bits per heavy atom. The lowest BCUT2D eigenvalue weighted by Crippen LogP contribution is -2.19. The molecule has 0 fully saturated rings. The van der Waals surface area contributed by atoms with Crippen LogP contribution in [0.15, 0.2) is 35.0 Å². The molecule has 0 unspecified atom stereocenters. The smallest absolute Gasteiger partial charge is 0.126 e. The van der Waals surface area contributed by atoms with E-state index in [2.05, 4.69) is 61.1 Å². The van der Waals surface area contributed by atoms with E-state index < -0.39 is 0 Å². The molecule has 2 aromatic rings. The van der Waals surface area contributed by atoms with E-state index in [1.165, 1.54) is 16.7 Å². The first-order valence-corrected chi connectivity index (χ1v) is 8.54. The van der Waals surface area contributed by atoms with Crippen molar-refractivity contribution in [1.29, 1.82) is 0 Å². The minimum absolute atomic E-state index is 0.665. The van der Waals surface area contributed by atoms with Crippen molar-refractivity contribution < 1.29 is 4.74 Å². The molecular weight excluding hydrogens is 278 g/mol. The number of benzene rings is 1. The zero-order valence-corrected chi connectivity index (χ0v) is 14.0. The lowest BCUT2D eigenvalue weighted by Gasteiger charge is -2.15. The van der Waals surface area contributed by atoms with Crippen molar-refractivity contribution in [2.45, 2.75) is 33.7 Å². The molecule has 114 valence electrons. The maximum Gasteiger partial charge on any atom is 0.126 e. The van der Waals surface area contributed by atoms with Gasteiger partial charge >= 0.3 is 0 Å². The van der Waals surface area contributed by atoms with E-state index in [4.69, 9.17) is 4.74 Å². The van der Waals surface area contributed by atoms with Crippen LogP contribution < -0.4 is 10.1 Å². The minimum atomic E-state index is 0.665. The molecule has 3 heteroatoms. The number of nitrogens with one attached hydrogen (secondary N) is 1. The lowest BCUT2D eigenvalue weighted by molar-refractivity contribution is 0.315. The maximum atomic E-state index is 6.06. The van der Waals surface area contributed by atoms with E-state index in [0.29, 0.717) is 5.92 Å². The molecule has 1 N–H and O–H groups in total. The Morgan fingerprint density at radius 2 is 2.10 bits per heavy atom. The molecule has 0 radical (unpaired) electrons. The Kier molecular flexibility index (Phi) is 6.27. The maximum absolute atomic E-state index is 6.06. The molecule has 0 saturated heterocycles. The van der Waals surface area contributed by atoms with E-state index in [1.54, 1.807) is 11.3 Å². The quantitative estimate of drug-likeness (QED) is 0.779. The van der Waals surface area contributed by atoms with E-state index >= 15 is 0 Å². The topological polar surface area (TPSA) is 21.3 Å². The van der Waals surface area contributed by atoms with Crippen molar-refractivity contribution in [3.8, 4) is 5.75 Å². The molecule has 0 spiro atoms. The Bertz CT molecular complexity index is 534. The van der Waals surface area contributed by atoms with Crippen LogP contribution in [0.3, 0.4) is 0 Å². The van der Waals surface area contributed by atoms with E-state index in [9.17, 15) is 0 Å². The molecule has 0 bridgehead atoms. The number of hydrogen-bond donors (Lipinski definition) is 1. The highest BCUT2D eigenvalue weighted by Gasteiger charge is 2.07. The minimum Gasteiger partial charge on any atom is -0.493 e. The van der Waals surface area contributed by atoms with Crippen LogP contribution in [0.5, 0.6) is 5.75 Å². The number of para-hydroxylation sites is 1. The van der Waals surface area contributed by atoms with Crippen LogP contribution in [0.25, 0.3) is 0 Å². The molecule has 1 aromatic carbocycles. The molecule has 0 amide bonds. The third kappa shape index (κ3) is 5.18. The molecule has 0 atom stereocenters. The van der Waals surface area contributed by atoms with Gasteiger partial charge in [-0.3, -0.25) is 0 Å². The Hall–Kier alpha value is -1.32. The summed E-state index contributed by atoms with van der Waals surface area (Å²) >= 11 is 1.74. The van der Waals surface area contributed by atoms with Crippen LogP contribution in [0.4, 0.5) is 0 Å². The predicted octanol–water partition coefficient (Wildman–Crippen LogP) is 4.42. The summed E-state index contributed by atoms with van der Waals surface area (Å²) in [6.07, 6.45) is 0.969. The van der Waals surface area contributed by atoms with Crippen molar-refractivity contribution in [3.63, 3.8) is 0 Å². The highest BCUT2D eigenvalue weighted by atomic mass is 32.1. The van der Waals surface area contributed by atoms with Crippen LogP contribution in [0.1, 0.15) is 30.5 Å². The van der Waals surface area contributed by atoms with Crippen LogP contribution in [0, 0.1) is 12.8 Å². The average molecular weight is 303 g/mol. The van der Waals surface area contributed by atoms with Gasteiger partial charge in [0.1, 0.15) is 5.75 Å². The average Bonchev–Trinajstić information content (AvgIpc) is 2.94. The van der Waals surface area contributed by atoms with Crippen molar-refractivity contribution in [2.75, 3.05) is 13.2 Å². The van der Waals surface area contributed by atoms with Gasteiger partial charge in [0.2, 0.25) is 0 Å². The second-order valence-electron chi connectivity index (χ2n) is 5.82. The lowest BCUT2D eigenvalue weighted by atomic mass is 10.1. The van der Waals surface area contributed by atoms with Gasteiger partial charge in [-0.15, -0.1) is 0 Å². The third-order valence-electron chi connectivity index (χ3n) is 3.38. The fourth-order valence-corrected chi connectivity index (χ4v) is 2.96. The summed E-state index contributed by atoms with van der Waals surface area (Å²) in [5, 5.41) is 7.80. The zero-order chi connectivity index (χ0) is 15.1. The summed E-state index contributed by atoms with van der Waals surface area (Å²) < 4.78 is 6.06. The molecule has 2 nitrogen and oxygen atoms in total. The molecule has 2 rings (SSSR count). The zero-order valence-electron chi connectivity index (χ0n) is 13.2. The van der Waals surface area contributed by atoms with Gasteiger partial charge in [-0.05, 0) is 47.3 Å². The van der Waals surface area contributed by atoms with Gasteiger partial charge in [-0.25, -0.2) is 0 Å². The van der Waals surface area contributed by atoms with Gasteiger partial charge in [0.15, 0.2) is 0 Å². The molecular formula is C18H25NOS. The van der Waals surface area contributed by atoms with E-state index in [1.807, 2.05) is 0 Å². The molecule has 1 aromatic heterocycles. The van der Waals surface area contributed by atoms with E-state index in [-0.39, 0.29) is 0 Å². The number of rotatable bonds is 8. The molecule has 0 saturated carbocycles. The van der Waals surface area contributed by atoms with Crippen molar-refractivity contribution >= 4 is 11.3 Å². The fraction of sp³-hybridized carbons (Fsp3) is 0.444. The van der Waals surface area contributed by atoms with Crippen LogP contribution >= 0.6 is 11.3 Å². The molecule has 0 aliphatic rings.